The summed E-state index contributed by atoms with van der Waals surface area (Å²) in [4.78, 5) is 12.3. The molecule has 0 bridgehead atoms. The fourth-order valence-corrected chi connectivity index (χ4v) is 2.05. The summed E-state index contributed by atoms with van der Waals surface area (Å²) in [7, 11) is 0. The van der Waals surface area contributed by atoms with Gasteiger partial charge < -0.3 is 16.6 Å². The number of rotatable bonds is 3. The smallest absolute Gasteiger partial charge is 0.225 e. The topological polar surface area (TPSA) is 111 Å². The Bertz CT molecular complexity index is 514. The average molecular weight is 249 g/mol. The van der Waals surface area contributed by atoms with Crippen molar-refractivity contribution in [3.8, 4) is 5.75 Å². The number of aromatic nitrogens is 3. The molecule has 1 aromatic carbocycles. The fourth-order valence-electron chi connectivity index (χ4n) is 1.24. The summed E-state index contributed by atoms with van der Waals surface area (Å²) >= 11 is 1.40. The van der Waals surface area contributed by atoms with Crippen LogP contribution in [0.15, 0.2) is 29.2 Å². The molecule has 1 aromatic heterocycles. The Morgan fingerprint density at radius 3 is 2.35 bits per heavy atom. The van der Waals surface area contributed by atoms with E-state index in [4.69, 9.17) is 11.5 Å². The summed E-state index contributed by atoms with van der Waals surface area (Å²) in [6, 6.07) is 7.04. The lowest BCUT2D eigenvalue weighted by Crippen LogP contribution is -2.05. The Kier molecular flexibility index (Phi) is 3.29. The Labute approximate surface area is 102 Å². The molecule has 0 aliphatic rings. The number of phenols is 1. The van der Waals surface area contributed by atoms with E-state index in [2.05, 4.69) is 15.0 Å². The Balaban J connectivity index is 2.10. The van der Waals surface area contributed by atoms with Gasteiger partial charge in [0.15, 0.2) is 0 Å². The van der Waals surface area contributed by atoms with E-state index in [9.17, 15) is 5.11 Å². The molecule has 0 fully saturated rings. The number of phenolic OH excluding ortho intramolecular Hbond substituents is 1. The van der Waals surface area contributed by atoms with E-state index in [0.717, 1.165) is 4.90 Å². The van der Waals surface area contributed by atoms with Gasteiger partial charge in [0, 0.05) is 4.90 Å². The van der Waals surface area contributed by atoms with E-state index in [1.807, 2.05) is 12.1 Å². The van der Waals surface area contributed by atoms with E-state index in [-0.39, 0.29) is 17.6 Å². The lowest BCUT2D eigenvalue weighted by molar-refractivity contribution is 0.462. The van der Waals surface area contributed by atoms with Gasteiger partial charge in [0.1, 0.15) is 11.6 Å². The van der Waals surface area contributed by atoms with E-state index in [1.165, 1.54) is 11.8 Å². The normalized spacial score (nSPS) is 10.4. The molecule has 17 heavy (non-hydrogen) atoms. The van der Waals surface area contributed by atoms with Gasteiger partial charge in [-0.25, -0.2) is 0 Å². The minimum absolute atomic E-state index is 0.102. The Hall–Kier alpha value is -2.02. The lowest BCUT2D eigenvalue weighted by Gasteiger charge is -2.04. The quantitative estimate of drug-likeness (QED) is 0.697. The van der Waals surface area contributed by atoms with Gasteiger partial charge >= 0.3 is 0 Å². The van der Waals surface area contributed by atoms with Crippen molar-refractivity contribution in [2.75, 3.05) is 11.5 Å². The zero-order valence-electron chi connectivity index (χ0n) is 8.87. The maximum absolute atomic E-state index is 9.57. The van der Waals surface area contributed by atoms with Gasteiger partial charge in [-0.15, -0.1) is 11.8 Å². The zero-order chi connectivity index (χ0) is 12.3. The highest BCUT2D eigenvalue weighted by Gasteiger charge is 2.05. The molecule has 0 amide bonds. The first-order valence-corrected chi connectivity index (χ1v) is 5.80. The highest BCUT2D eigenvalue weighted by atomic mass is 32.2. The number of hydrogen-bond acceptors (Lipinski definition) is 7. The van der Waals surface area contributed by atoms with Crippen LogP contribution in [0.2, 0.25) is 0 Å². The van der Waals surface area contributed by atoms with Gasteiger partial charge in [-0.2, -0.15) is 15.0 Å². The molecule has 6 nitrogen and oxygen atoms in total. The third-order valence-electron chi connectivity index (χ3n) is 1.94. The molecule has 2 rings (SSSR count). The van der Waals surface area contributed by atoms with Gasteiger partial charge in [-0.05, 0) is 12.1 Å². The highest BCUT2D eigenvalue weighted by Crippen LogP contribution is 2.29. The van der Waals surface area contributed by atoms with E-state index >= 15 is 0 Å². The average Bonchev–Trinajstić information content (AvgIpc) is 2.27. The van der Waals surface area contributed by atoms with Crippen molar-refractivity contribution in [1.29, 1.82) is 0 Å². The predicted octanol–water partition coefficient (Wildman–Crippen LogP) is 1.03. The van der Waals surface area contributed by atoms with Gasteiger partial charge in [-0.1, -0.05) is 12.1 Å². The third-order valence-corrected chi connectivity index (χ3v) is 3.00. The monoisotopic (exact) mass is 249 g/mol. The molecule has 2 aromatic rings. The molecule has 5 N–H and O–H groups in total. The molecule has 0 aliphatic heterocycles. The van der Waals surface area contributed by atoms with Crippen LogP contribution in [0, 0.1) is 0 Å². The summed E-state index contributed by atoms with van der Waals surface area (Å²) in [5.41, 5.74) is 10.9. The lowest BCUT2D eigenvalue weighted by atomic mass is 10.3. The van der Waals surface area contributed by atoms with Crippen LogP contribution in [-0.2, 0) is 5.75 Å². The molecule has 0 saturated carbocycles. The number of nitrogen functional groups attached to an aromatic ring is 2. The van der Waals surface area contributed by atoms with Crippen molar-refractivity contribution < 1.29 is 5.11 Å². The third kappa shape index (κ3) is 2.97. The number of benzene rings is 1. The van der Waals surface area contributed by atoms with Crippen LogP contribution in [-0.4, -0.2) is 20.1 Å². The first kappa shape index (κ1) is 11.5. The van der Waals surface area contributed by atoms with Crippen LogP contribution in [0.3, 0.4) is 0 Å². The van der Waals surface area contributed by atoms with Crippen molar-refractivity contribution in [3.05, 3.63) is 30.1 Å². The van der Waals surface area contributed by atoms with Crippen molar-refractivity contribution in [2.24, 2.45) is 0 Å². The predicted molar refractivity (Wildman–Crippen MR) is 66.3 cm³/mol. The van der Waals surface area contributed by atoms with E-state index in [1.54, 1.807) is 12.1 Å². The van der Waals surface area contributed by atoms with Crippen LogP contribution in [0.4, 0.5) is 11.9 Å². The van der Waals surface area contributed by atoms with Gasteiger partial charge in [0.25, 0.3) is 0 Å². The van der Waals surface area contributed by atoms with Crippen LogP contribution in [0.1, 0.15) is 5.82 Å². The van der Waals surface area contributed by atoms with Crippen LogP contribution >= 0.6 is 11.8 Å². The molecule has 0 atom stereocenters. The van der Waals surface area contributed by atoms with Crippen molar-refractivity contribution in [2.45, 2.75) is 10.6 Å². The summed E-state index contributed by atoms with van der Waals surface area (Å²) in [6.45, 7) is 0. The summed E-state index contributed by atoms with van der Waals surface area (Å²) in [5.74, 6) is 1.39. The van der Waals surface area contributed by atoms with Crippen molar-refractivity contribution in [3.63, 3.8) is 0 Å². The second-order valence-electron chi connectivity index (χ2n) is 3.22. The molecule has 0 unspecified atom stereocenters. The van der Waals surface area contributed by atoms with Crippen molar-refractivity contribution in [1.82, 2.24) is 15.0 Å². The SMILES string of the molecule is Nc1nc(N)nc(CSc2ccccc2O)n1. The van der Waals surface area contributed by atoms with Gasteiger partial charge in [0.2, 0.25) is 11.9 Å². The van der Waals surface area contributed by atoms with Crippen LogP contribution in [0.5, 0.6) is 5.75 Å². The van der Waals surface area contributed by atoms with Gasteiger partial charge in [-0.3, -0.25) is 0 Å². The minimum Gasteiger partial charge on any atom is -0.507 e. The number of para-hydroxylation sites is 1. The summed E-state index contributed by atoms with van der Waals surface area (Å²) < 4.78 is 0. The number of nitrogens with zero attached hydrogens (tertiary/aromatic N) is 3. The standard InChI is InChI=1S/C10H11N5OS/c11-9-13-8(14-10(12)15-9)5-17-7-4-2-1-3-6(7)16/h1-4,16H,5H2,(H4,11,12,13,14,15). The largest absolute Gasteiger partial charge is 0.507 e. The number of aromatic hydroxyl groups is 1. The first-order chi connectivity index (χ1) is 8.15. The second kappa shape index (κ2) is 4.88. The maximum atomic E-state index is 9.57. The molecular formula is C10H11N5OS. The van der Waals surface area contributed by atoms with E-state index < -0.39 is 0 Å². The minimum atomic E-state index is 0.102. The summed E-state index contributed by atoms with van der Waals surface area (Å²) in [6.07, 6.45) is 0. The Morgan fingerprint density at radius 2 is 1.71 bits per heavy atom. The van der Waals surface area contributed by atoms with Crippen LogP contribution in [0.25, 0.3) is 0 Å². The molecule has 0 saturated heterocycles. The molecule has 88 valence electrons. The second-order valence-corrected chi connectivity index (χ2v) is 4.24. The molecule has 7 heteroatoms. The molecule has 0 spiro atoms. The maximum Gasteiger partial charge on any atom is 0.225 e. The Morgan fingerprint density at radius 1 is 1.06 bits per heavy atom. The number of hydrogen-bond donors (Lipinski definition) is 3. The van der Waals surface area contributed by atoms with Gasteiger partial charge in [0.05, 0.1) is 5.75 Å². The summed E-state index contributed by atoms with van der Waals surface area (Å²) in [5, 5.41) is 9.57. The van der Waals surface area contributed by atoms with Crippen molar-refractivity contribution >= 4 is 23.7 Å². The molecule has 0 radical (unpaired) electrons. The molecule has 1 heterocycles. The first-order valence-electron chi connectivity index (χ1n) is 4.82. The van der Waals surface area contributed by atoms with Crippen LogP contribution < -0.4 is 11.5 Å². The number of thioether (sulfide) groups is 1. The molecule has 0 aliphatic carbocycles. The number of nitrogens with two attached hydrogens (primary N) is 2. The number of anilines is 2. The molecular weight excluding hydrogens is 238 g/mol. The highest BCUT2D eigenvalue weighted by molar-refractivity contribution is 7.98. The van der Waals surface area contributed by atoms with E-state index in [0.29, 0.717) is 11.6 Å². The zero-order valence-corrected chi connectivity index (χ0v) is 9.68. The fraction of sp³-hybridized carbons (Fsp3) is 0.100.